The van der Waals surface area contributed by atoms with Gasteiger partial charge in [0.15, 0.2) is 0 Å². The van der Waals surface area contributed by atoms with Gasteiger partial charge in [0.1, 0.15) is 0 Å². The summed E-state index contributed by atoms with van der Waals surface area (Å²) >= 11 is 0. The van der Waals surface area contributed by atoms with E-state index in [0.717, 1.165) is 10.9 Å². The summed E-state index contributed by atoms with van der Waals surface area (Å²) in [6, 6.07) is 21.1. The van der Waals surface area contributed by atoms with E-state index in [1.165, 1.54) is 11.1 Å². The molecule has 1 atom stereocenters. The number of quaternary nitrogens is 1. The topological polar surface area (TPSA) is 20.2 Å². The molecule has 0 aliphatic heterocycles. The van der Waals surface area contributed by atoms with Crippen molar-refractivity contribution in [1.82, 2.24) is 0 Å². The summed E-state index contributed by atoms with van der Waals surface area (Å²) in [6.45, 7) is 8.69. The molecule has 1 N–H and O–H groups in total. The Hall–Kier alpha value is -1.64. The summed E-state index contributed by atoms with van der Waals surface area (Å²) in [4.78, 5) is 0. The van der Waals surface area contributed by atoms with Gasteiger partial charge in [0.2, 0.25) is 0 Å². The van der Waals surface area contributed by atoms with Crippen LogP contribution in [-0.2, 0) is 5.41 Å². The highest BCUT2D eigenvalue weighted by atomic mass is 16.3. The predicted molar refractivity (Wildman–Crippen MR) is 111 cm³/mol. The summed E-state index contributed by atoms with van der Waals surface area (Å²) < 4.78 is 0.828. The Kier molecular flexibility index (Phi) is 5.70. The van der Waals surface area contributed by atoms with Gasteiger partial charge in [-0.1, -0.05) is 67.6 Å². The van der Waals surface area contributed by atoms with Gasteiger partial charge in [0, 0.05) is 6.42 Å². The second kappa shape index (κ2) is 7.17. The SMILES string of the molecule is CCC(C)(O)C(CC(C)(C)[N+](C)(C)C)(c1ccccc1)c1ccccc1. The van der Waals surface area contributed by atoms with Crippen LogP contribution in [0.5, 0.6) is 0 Å². The highest BCUT2D eigenvalue weighted by Gasteiger charge is 2.54. The molecule has 0 aliphatic carbocycles. The molecule has 0 aromatic heterocycles. The molecule has 0 radical (unpaired) electrons. The van der Waals surface area contributed by atoms with Gasteiger partial charge in [0.05, 0.1) is 37.7 Å². The van der Waals surface area contributed by atoms with Crippen LogP contribution in [0.4, 0.5) is 0 Å². The van der Waals surface area contributed by atoms with Crippen molar-refractivity contribution in [1.29, 1.82) is 0 Å². The summed E-state index contributed by atoms with van der Waals surface area (Å²) in [6.07, 6.45) is 1.53. The number of nitrogens with zero attached hydrogens (tertiary/aromatic N) is 1. The molecule has 0 saturated heterocycles. The first-order valence-corrected chi connectivity index (χ1v) is 9.63. The normalized spacial score (nSPS) is 15.5. The molecule has 0 fully saturated rings. The van der Waals surface area contributed by atoms with Crippen LogP contribution in [0.2, 0.25) is 0 Å². The second-order valence-corrected chi connectivity index (χ2v) is 9.27. The first kappa shape index (κ1) is 20.7. The molecule has 2 rings (SSSR count). The fourth-order valence-electron chi connectivity index (χ4n) is 3.82. The first-order valence-electron chi connectivity index (χ1n) is 9.63. The molecule has 142 valence electrons. The summed E-state index contributed by atoms with van der Waals surface area (Å²) in [5.41, 5.74) is 0.964. The first-order chi connectivity index (χ1) is 12.0. The highest BCUT2D eigenvalue weighted by Crippen LogP contribution is 2.50. The zero-order valence-corrected chi connectivity index (χ0v) is 17.6. The summed E-state index contributed by atoms with van der Waals surface area (Å²) in [5.74, 6) is 0. The van der Waals surface area contributed by atoms with Crippen molar-refractivity contribution in [2.45, 2.75) is 57.1 Å². The summed E-state index contributed by atoms with van der Waals surface area (Å²) in [7, 11) is 6.71. The van der Waals surface area contributed by atoms with E-state index in [0.29, 0.717) is 6.42 Å². The third-order valence-corrected chi connectivity index (χ3v) is 6.65. The van der Waals surface area contributed by atoms with E-state index in [9.17, 15) is 5.11 Å². The fraction of sp³-hybridized carbons (Fsp3) is 0.500. The fourth-order valence-corrected chi connectivity index (χ4v) is 3.82. The lowest BCUT2D eigenvalue weighted by Gasteiger charge is -2.53. The minimum Gasteiger partial charge on any atom is -0.389 e. The summed E-state index contributed by atoms with van der Waals surface area (Å²) in [5, 5.41) is 11.8. The zero-order chi connectivity index (χ0) is 19.6. The van der Waals surface area contributed by atoms with E-state index in [2.05, 4.69) is 90.4 Å². The predicted octanol–water partition coefficient (Wildman–Crippen LogP) is 5.01. The van der Waals surface area contributed by atoms with Crippen LogP contribution in [0.3, 0.4) is 0 Å². The second-order valence-electron chi connectivity index (χ2n) is 9.27. The van der Waals surface area contributed by atoms with Gasteiger partial charge in [-0.2, -0.15) is 0 Å². The van der Waals surface area contributed by atoms with Gasteiger partial charge in [-0.3, -0.25) is 0 Å². The maximum atomic E-state index is 11.8. The van der Waals surface area contributed by atoms with Crippen molar-refractivity contribution in [3.63, 3.8) is 0 Å². The van der Waals surface area contributed by atoms with Crippen molar-refractivity contribution < 1.29 is 9.59 Å². The van der Waals surface area contributed by atoms with Crippen LogP contribution in [0, 0.1) is 0 Å². The zero-order valence-electron chi connectivity index (χ0n) is 17.6. The molecule has 2 aromatic carbocycles. The van der Waals surface area contributed by atoms with Gasteiger partial charge in [-0.25, -0.2) is 0 Å². The quantitative estimate of drug-likeness (QED) is 0.693. The van der Waals surface area contributed by atoms with Crippen LogP contribution >= 0.6 is 0 Å². The molecule has 26 heavy (non-hydrogen) atoms. The average molecular weight is 355 g/mol. The Labute approximate surface area is 160 Å². The van der Waals surface area contributed by atoms with E-state index in [1.807, 2.05) is 19.1 Å². The molecule has 2 heteroatoms. The van der Waals surface area contributed by atoms with Crippen molar-refractivity contribution in [3.05, 3.63) is 71.8 Å². The van der Waals surface area contributed by atoms with Crippen LogP contribution < -0.4 is 0 Å². The number of rotatable bonds is 7. The highest BCUT2D eigenvalue weighted by molar-refractivity contribution is 5.43. The van der Waals surface area contributed by atoms with E-state index >= 15 is 0 Å². The van der Waals surface area contributed by atoms with Crippen LogP contribution in [0.1, 0.15) is 51.7 Å². The lowest BCUT2D eigenvalue weighted by molar-refractivity contribution is -0.920. The largest absolute Gasteiger partial charge is 0.389 e. The lowest BCUT2D eigenvalue weighted by atomic mass is 9.58. The monoisotopic (exact) mass is 354 g/mol. The molecule has 0 heterocycles. The molecule has 0 amide bonds. The Balaban J connectivity index is 2.82. The van der Waals surface area contributed by atoms with Crippen molar-refractivity contribution in [2.75, 3.05) is 21.1 Å². The van der Waals surface area contributed by atoms with Gasteiger partial charge < -0.3 is 9.59 Å². The number of aliphatic hydroxyl groups is 1. The molecule has 0 aliphatic rings. The van der Waals surface area contributed by atoms with E-state index in [4.69, 9.17) is 0 Å². The minimum atomic E-state index is -0.873. The van der Waals surface area contributed by atoms with Gasteiger partial charge >= 0.3 is 0 Å². The molecular weight excluding hydrogens is 318 g/mol. The smallest absolute Gasteiger partial charge is 0.0942 e. The number of hydrogen-bond acceptors (Lipinski definition) is 1. The number of benzene rings is 2. The van der Waals surface area contributed by atoms with Gasteiger partial charge in [-0.05, 0) is 38.3 Å². The maximum absolute atomic E-state index is 11.8. The van der Waals surface area contributed by atoms with E-state index < -0.39 is 11.0 Å². The molecule has 2 nitrogen and oxygen atoms in total. The van der Waals surface area contributed by atoms with Gasteiger partial charge in [0.25, 0.3) is 0 Å². The Morgan fingerprint density at radius 2 is 1.15 bits per heavy atom. The standard InChI is InChI=1S/C24H36NO/c1-8-23(4,26)24(20-15-11-9-12-16-20,21-17-13-10-14-18-21)19-22(2,3)25(5,6)7/h9-18,26H,8,19H2,1-7H3/q+1. The Morgan fingerprint density at radius 3 is 1.46 bits per heavy atom. The minimum absolute atomic E-state index is 0.0369. The molecule has 1 unspecified atom stereocenters. The van der Waals surface area contributed by atoms with Crippen LogP contribution in [0.25, 0.3) is 0 Å². The van der Waals surface area contributed by atoms with Crippen LogP contribution in [0.15, 0.2) is 60.7 Å². The van der Waals surface area contributed by atoms with Crippen molar-refractivity contribution in [2.24, 2.45) is 0 Å². The van der Waals surface area contributed by atoms with E-state index in [1.54, 1.807) is 0 Å². The van der Waals surface area contributed by atoms with E-state index in [-0.39, 0.29) is 5.54 Å². The molecular formula is C24H36NO+. The van der Waals surface area contributed by atoms with Gasteiger partial charge in [-0.15, -0.1) is 0 Å². The molecule has 2 aromatic rings. The number of hydrogen-bond donors (Lipinski definition) is 1. The Morgan fingerprint density at radius 1 is 0.769 bits per heavy atom. The van der Waals surface area contributed by atoms with Crippen LogP contribution in [-0.4, -0.2) is 41.9 Å². The molecule has 0 bridgehead atoms. The molecule has 0 spiro atoms. The average Bonchev–Trinajstić information content (AvgIpc) is 2.60. The lowest BCUT2D eigenvalue weighted by Crippen LogP contribution is -2.61. The Bertz CT molecular complexity index is 656. The third-order valence-electron chi connectivity index (χ3n) is 6.65. The maximum Gasteiger partial charge on any atom is 0.0942 e. The van der Waals surface area contributed by atoms with Crippen molar-refractivity contribution in [3.8, 4) is 0 Å². The molecule has 0 saturated carbocycles. The third kappa shape index (κ3) is 3.58. The van der Waals surface area contributed by atoms with Crippen molar-refractivity contribution >= 4 is 0 Å².